The number of ether oxygens (including phenoxy) is 1. The number of aliphatic carboxylic acids is 1. The van der Waals surface area contributed by atoms with Gasteiger partial charge in [-0.3, -0.25) is 4.79 Å². The Bertz CT molecular complexity index is 628. The van der Waals surface area contributed by atoms with Crippen LogP contribution in [0.2, 0.25) is 0 Å². The minimum atomic E-state index is -1.17. The second-order valence-electron chi connectivity index (χ2n) is 6.88. The minimum absolute atomic E-state index is 0.0835. The molecule has 1 aliphatic carbocycles. The predicted molar refractivity (Wildman–Crippen MR) is 92.3 cm³/mol. The number of carbonyl (C=O) groups is 2. The van der Waals surface area contributed by atoms with Crippen LogP contribution in [0.3, 0.4) is 0 Å². The summed E-state index contributed by atoms with van der Waals surface area (Å²) in [5, 5.41) is 12.6. The third kappa shape index (κ3) is 3.40. The van der Waals surface area contributed by atoms with Gasteiger partial charge in [0, 0.05) is 5.56 Å². The Morgan fingerprint density at radius 2 is 2.08 bits per heavy atom. The van der Waals surface area contributed by atoms with Gasteiger partial charge in [0.15, 0.2) is 0 Å². The highest BCUT2D eigenvalue weighted by Gasteiger charge is 2.46. The van der Waals surface area contributed by atoms with Crippen LogP contribution in [0.4, 0.5) is 0 Å². The molecule has 1 aromatic rings. The van der Waals surface area contributed by atoms with Crippen molar-refractivity contribution in [2.75, 3.05) is 7.11 Å². The summed E-state index contributed by atoms with van der Waals surface area (Å²) in [6, 6.07) is 5.68. The molecule has 1 saturated carbocycles. The molecule has 1 fully saturated rings. The van der Waals surface area contributed by atoms with Crippen LogP contribution in [0.5, 0.6) is 5.75 Å². The van der Waals surface area contributed by atoms with Gasteiger partial charge < -0.3 is 15.2 Å². The van der Waals surface area contributed by atoms with E-state index in [4.69, 9.17) is 4.74 Å². The van der Waals surface area contributed by atoms with Crippen LogP contribution in [0.25, 0.3) is 0 Å². The van der Waals surface area contributed by atoms with Crippen LogP contribution in [0.15, 0.2) is 18.2 Å². The molecular weight excluding hydrogens is 306 g/mol. The summed E-state index contributed by atoms with van der Waals surface area (Å²) in [4.78, 5) is 24.7. The van der Waals surface area contributed by atoms with Crippen LogP contribution in [-0.4, -0.2) is 29.6 Å². The minimum Gasteiger partial charge on any atom is -0.496 e. The Morgan fingerprint density at radius 3 is 2.67 bits per heavy atom. The van der Waals surface area contributed by atoms with Crippen molar-refractivity contribution in [2.45, 2.75) is 57.9 Å². The number of nitrogens with one attached hydrogen (secondary N) is 1. The Hall–Kier alpha value is -2.04. The topological polar surface area (TPSA) is 75.6 Å². The number of rotatable bonds is 5. The van der Waals surface area contributed by atoms with Crippen molar-refractivity contribution < 1.29 is 19.4 Å². The van der Waals surface area contributed by atoms with Crippen LogP contribution >= 0.6 is 0 Å². The molecule has 0 bridgehead atoms. The van der Waals surface area contributed by atoms with E-state index in [2.05, 4.69) is 5.32 Å². The molecule has 1 aromatic carbocycles. The molecule has 1 aliphatic rings. The summed E-state index contributed by atoms with van der Waals surface area (Å²) >= 11 is 0. The zero-order valence-electron chi connectivity index (χ0n) is 14.9. The Kier molecular flexibility index (Phi) is 5.52. The van der Waals surface area contributed by atoms with Crippen molar-refractivity contribution in [3.05, 3.63) is 29.3 Å². The van der Waals surface area contributed by atoms with Crippen molar-refractivity contribution in [1.82, 2.24) is 5.32 Å². The quantitative estimate of drug-likeness (QED) is 0.867. The van der Waals surface area contributed by atoms with E-state index in [0.717, 1.165) is 30.4 Å². The molecule has 0 aliphatic heterocycles. The molecule has 5 heteroatoms. The van der Waals surface area contributed by atoms with Crippen LogP contribution in [0, 0.1) is 12.8 Å². The zero-order valence-corrected chi connectivity index (χ0v) is 14.9. The summed E-state index contributed by atoms with van der Waals surface area (Å²) in [6.45, 7) is 5.65. The molecule has 132 valence electrons. The highest BCUT2D eigenvalue weighted by molar-refractivity contribution is 5.91. The molecule has 0 radical (unpaired) electrons. The number of carbonyl (C=O) groups excluding carboxylic acids is 1. The molecule has 2 rings (SSSR count). The predicted octanol–water partition coefficient (Wildman–Crippen LogP) is 3.26. The van der Waals surface area contributed by atoms with Gasteiger partial charge in [-0.25, -0.2) is 4.79 Å². The number of aryl methyl sites for hydroxylation is 1. The van der Waals surface area contributed by atoms with E-state index >= 15 is 0 Å². The molecule has 24 heavy (non-hydrogen) atoms. The molecule has 0 aromatic heterocycles. The van der Waals surface area contributed by atoms with Crippen LogP contribution in [-0.2, 0) is 9.59 Å². The fourth-order valence-corrected chi connectivity index (χ4v) is 3.55. The van der Waals surface area contributed by atoms with Gasteiger partial charge in [-0.05, 0) is 44.2 Å². The molecule has 3 unspecified atom stereocenters. The van der Waals surface area contributed by atoms with Gasteiger partial charge >= 0.3 is 5.97 Å². The molecule has 3 atom stereocenters. The second kappa shape index (κ2) is 7.24. The standard InChI is InChI=1S/C19H27NO4/c1-12-8-9-15(16(11-12)24-4)14(3)17(21)20-19(18(22)23)10-6-5-7-13(19)2/h8-9,11,13-14H,5-7,10H2,1-4H3,(H,20,21)(H,22,23). The summed E-state index contributed by atoms with van der Waals surface area (Å²) in [6.07, 6.45) is 3.12. The first kappa shape index (κ1) is 18.3. The maximum atomic E-state index is 12.8. The second-order valence-corrected chi connectivity index (χ2v) is 6.88. The highest BCUT2D eigenvalue weighted by Crippen LogP contribution is 2.35. The number of methoxy groups -OCH3 is 1. The van der Waals surface area contributed by atoms with Gasteiger partial charge in [-0.15, -0.1) is 0 Å². The van der Waals surface area contributed by atoms with Crippen LogP contribution < -0.4 is 10.1 Å². The van der Waals surface area contributed by atoms with Gasteiger partial charge in [0.2, 0.25) is 5.91 Å². The average Bonchev–Trinajstić information content (AvgIpc) is 2.55. The van der Waals surface area contributed by atoms with Crippen molar-refractivity contribution in [3.8, 4) is 5.75 Å². The van der Waals surface area contributed by atoms with Gasteiger partial charge in [0.05, 0.1) is 13.0 Å². The van der Waals surface area contributed by atoms with E-state index < -0.39 is 17.4 Å². The van der Waals surface area contributed by atoms with Gasteiger partial charge in [0.25, 0.3) is 0 Å². The van der Waals surface area contributed by atoms with Crippen molar-refractivity contribution in [1.29, 1.82) is 0 Å². The van der Waals surface area contributed by atoms with Crippen molar-refractivity contribution in [2.24, 2.45) is 5.92 Å². The number of carboxylic acids is 1. The summed E-state index contributed by atoms with van der Waals surface area (Å²) in [5.41, 5.74) is 0.650. The van der Waals surface area contributed by atoms with Crippen molar-refractivity contribution >= 4 is 11.9 Å². The van der Waals surface area contributed by atoms with E-state index in [1.807, 2.05) is 32.0 Å². The molecule has 0 saturated heterocycles. The molecule has 2 N–H and O–H groups in total. The molecule has 1 amide bonds. The Labute approximate surface area is 143 Å². The average molecular weight is 333 g/mol. The Balaban J connectivity index is 2.26. The van der Waals surface area contributed by atoms with Gasteiger partial charge in [-0.2, -0.15) is 0 Å². The van der Waals surface area contributed by atoms with E-state index in [1.165, 1.54) is 0 Å². The lowest BCUT2D eigenvalue weighted by molar-refractivity contribution is -0.152. The monoisotopic (exact) mass is 333 g/mol. The lowest BCUT2D eigenvalue weighted by atomic mass is 9.73. The SMILES string of the molecule is COc1cc(C)ccc1C(C)C(=O)NC1(C(=O)O)CCCCC1C. The Morgan fingerprint density at radius 1 is 1.38 bits per heavy atom. The molecule has 5 nitrogen and oxygen atoms in total. The third-order valence-electron chi connectivity index (χ3n) is 5.28. The molecular formula is C19H27NO4. The maximum absolute atomic E-state index is 12.8. The fraction of sp³-hybridized carbons (Fsp3) is 0.579. The van der Waals surface area contributed by atoms with Gasteiger partial charge in [0.1, 0.15) is 11.3 Å². The van der Waals surface area contributed by atoms with Crippen LogP contribution in [0.1, 0.15) is 56.6 Å². The molecule has 0 heterocycles. The van der Waals surface area contributed by atoms with E-state index in [0.29, 0.717) is 12.2 Å². The maximum Gasteiger partial charge on any atom is 0.329 e. The fourth-order valence-electron chi connectivity index (χ4n) is 3.55. The highest BCUT2D eigenvalue weighted by atomic mass is 16.5. The summed E-state index contributed by atoms with van der Waals surface area (Å²) in [7, 11) is 1.57. The van der Waals surface area contributed by atoms with E-state index in [1.54, 1.807) is 14.0 Å². The number of benzene rings is 1. The first-order chi connectivity index (χ1) is 11.3. The van der Waals surface area contributed by atoms with E-state index in [-0.39, 0.29) is 11.8 Å². The third-order valence-corrected chi connectivity index (χ3v) is 5.28. The lowest BCUT2D eigenvalue weighted by Crippen LogP contribution is -2.60. The first-order valence-electron chi connectivity index (χ1n) is 8.51. The number of hydrogen-bond donors (Lipinski definition) is 2. The van der Waals surface area contributed by atoms with Gasteiger partial charge in [-0.1, -0.05) is 31.9 Å². The normalized spacial score (nSPS) is 24.9. The lowest BCUT2D eigenvalue weighted by Gasteiger charge is -2.40. The molecule has 0 spiro atoms. The van der Waals surface area contributed by atoms with E-state index in [9.17, 15) is 14.7 Å². The number of amides is 1. The summed E-state index contributed by atoms with van der Waals surface area (Å²) in [5.74, 6) is -1.12. The smallest absolute Gasteiger partial charge is 0.329 e. The number of hydrogen-bond acceptors (Lipinski definition) is 3. The first-order valence-corrected chi connectivity index (χ1v) is 8.51. The largest absolute Gasteiger partial charge is 0.496 e. The van der Waals surface area contributed by atoms with Crippen molar-refractivity contribution in [3.63, 3.8) is 0 Å². The zero-order chi connectivity index (χ0) is 17.9. The summed E-state index contributed by atoms with van der Waals surface area (Å²) < 4.78 is 5.38. The number of carboxylic acid groups (broad SMARTS) is 1.